The highest BCUT2D eigenvalue weighted by Crippen LogP contribution is 2.27. The number of nitrogens with one attached hydrogen (secondary N) is 3. The van der Waals surface area contributed by atoms with Crippen molar-refractivity contribution in [3.05, 3.63) is 29.8 Å². The van der Waals surface area contributed by atoms with E-state index in [2.05, 4.69) is 16.0 Å². The Morgan fingerprint density at radius 3 is 2.81 bits per heavy atom. The molecule has 0 saturated carbocycles. The molecule has 0 aliphatic carbocycles. The molecule has 1 saturated heterocycles. The zero-order valence-corrected chi connectivity index (χ0v) is 15.2. The molecule has 140 valence electrons. The van der Waals surface area contributed by atoms with Crippen molar-refractivity contribution in [3.63, 3.8) is 0 Å². The largest absolute Gasteiger partial charge is 0.354 e. The van der Waals surface area contributed by atoms with Crippen LogP contribution in [-0.2, 0) is 16.1 Å². The van der Waals surface area contributed by atoms with Crippen LogP contribution in [0.5, 0.6) is 0 Å². The first-order valence-electron chi connectivity index (χ1n) is 9.22. The Morgan fingerprint density at radius 2 is 2.12 bits per heavy atom. The summed E-state index contributed by atoms with van der Waals surface area (Å²) in [5.74, 6) is -0.117. The van der Waals surface area contributed by atoms with Crippen molar-refractivity contribution in [2.75, 3.05) is 11.9 Å². The Morgan fingerprint density at radius 1 is 1.35 bits per heavy atom. The van der Waals surface area contributed by atoms with Crippen molar-refractivity contribution in [2.45, 2.75) is 51.7 Å². The lowest BCUT2D eigenvalue weighted by atomic mass is 9.97. The van der Waals surface area contributed by atoms with Crippen LogP contribution < -0.4 is 16.0 Å². The van der Waals surface area contributed by atoms with Crippen molar-refractivity contribution in [2.24, 2.45) is 5.92 Å². The van der Waals surface area contributed by atoms with Crippen molar-refractivity contribution in [1.29, 1.82) is 0 Å². The summed E-state index contributed by atoms with van der Waals surface area (Å²) in [7, 11) is 0. The van der Waals surface area contributed by atoms with Gasteiger partial charge in [0.15, 0.2) is 0 Å². The summed E-state index contributed by atoms with van der Waals surface area (Å²) in [5, 5.41) is 8.72. The van der Waals surface area contributed by atoms with E-state index in [4.69, 9.17) is 0 Å². The summed E-state index contributed by atoms with van der Waals surface area (Å²) in [6, 6.07) is 6.65. The standard InChI is InChI=1S/C19H26N4O3/c1-3-12(2)17-18(25)22-15-7-5-4-6-13(15)11-23(17)19(26)21-14-8-9-16(24)20-10-14/h4-7,12,14,17H,3,8-11H2,1-2H3,(H,20,24)(H,21,26)(H,22,25)/t12-,14-,17-/m0/s1. The average molecular weight is 358 g/mol. The number of benzene rings is 1. The number of hydrogen-bond acceptors (Lipinski definition) is 3. The van der Waals surface area contributed by atoms with Gasteiger partial charge in [-0.05, 0) is 24.0 Å². The molecule has 2 aliphatic heterocycles. The summed E-state index contributed by atoms with van der Waals surface area (Å²) in [5.41, 5.74) is 1.67. The van der Waals surface area contributed by atoms with Gasteiger partial charge in [-0.15, -0.1) is 0 Å². The molecule has 0 bridgehead atoms. The quantitative estimate of drug-likeness (QED) is 0.770. The molecule has 7 nitrogen and oxygen atoms in total. The Hall–Kier alpha value is -2.57. The molecule has 0 spiro atoms. The number of anilines is 1. The van der Waals surface area contributed by atoms with Crippen LogP contribution in [0.1, 0.15) is 38.7 Å². The molecule has 26 heavy (non-hydrogen) atoms. The Labute approximate surface area is 153 Å². The zero-order chi connectivity index (χ0) is 18.7. The fourth-order valence-electron chi connectivity index (χ4n) is 3.51. The van der Waals surface area contributed by atoms with Gasteiger partial charge >= 0.3 is 6.03 Å². The molecule has 4 amide bonds. The van der Waals surface area contributed by atoms with Crippen LogP contribution in [0.25, 0.3) is 0 Å². The molecule has 1 aromatic carbocycles. The molecule has 2 aliphatic rings. The molecular formula is C19H26N4O3. The third-order valence-corrected chi connectivity index (χ3v) is 5.26. The van der Waals surface area contributed by atoms with Crippen LogP contribution in [-0.4, -0.2) is 41.4 Å². The molecule has 0 aromatic heterocycles. The number of fused-ring (bicyclic) bond motifs is 1. The summed E-state index contributed by atoms with van der Waals surface area (Å²) >= 11 is 0. The molecule has 2 heterocycles. The van der Waals surface area contributed by atoms with Gasteiger partial charge in [0.2, 0.25) is 11.8 Å². The molecule has 3 rings (SSSR count). The maximum Gasteiger partial charge on any atom is 0.318 e. The fraction of sp³-hybridized carbons (Fsp3) is 0.526. The SMILES string of the molecule is CC[C@H](C)[C@H]1C(=O)Nc2ccccc2CN1C(=O)N[C@H]1CCC(=O)NC1. The van der Waals surface area contributed by atoms with Crippen molar-refractivity contribution in [3.8, 4) is 0 Å². The zero-order valence-electron chi connectivity index (χ0n) is 15.2. The number of carbonyl (C=O) groups excluding carboxylic acids is 3. The second-order valence-corrected chi connectivity index (χ2v) is 7.09. The minimum absolute atomic E-state index is 0.0102. The van der Waals surface area contributed by atoms with E-state index in [1.807, 2.05) is 38.1 Å². The van der Waals surface area contributed by atoms with E-state index in [0.29, 0.717) is 25.9 Å². The highest BCUT2D eigenvalue weighted by Gasteiger charge is 2.37. The Balaban J connectivity index is 1.83. The number of amides is 4. The van der Waals surface area contributed by atoms with Crippen molar-refractivity contribution in [1.82, 2.24) is 15.5 Å². The minimum atomic E-state index is -0.536. The lowest BCUT2D eigenvalue weighted by molar-refractivity contribution is -0.122. The highest BCUT2D eigenvalue weighted by molar-refractivity contribution is 5.98. The normalized spacial score (nSPS) is 24.0. The van der Waals surface area contributed by atoms with Gasteiger partial charge in [-0.3, -0.25) is 9.59 Å². The number of carbonyl (C=O) groups is 3. The number of para-hydroxylation sites is 1. The molecular weight excluding hydrogens is 332 g/mol. The van der Waals surface area contributed by atoms with E-state index in [1.54, 1.807) is 4.90 Å². The third kappa shape index (κ3) is 3.81. The third-order valence-electron chi connectivity index (χ3n) is 5.26. The maximum absolute atomic E-state index is 13.0. The smallest absolute Gasteiger partial charge is 0.318 e. The Kier molecular flexibility index (Phi) is 5.44. The van der Waals surface area contributed by atoms with Crippen LogP contribution in [0.3, 0.4) is 0 Å². The lowest BCUT2D eigenvalue weighted by Crippen LogP contribution is -2.56. The molecule has 3 atom stereocenters. The molecule has 3 N–H and O–H groups in total. The lowest BCUT2D eigenvalue weighted by Gasteiger charge is -2.34. The molecule has 1 aromatic rings. The maximum atomic E-state index is 13.0. The summed E-state index contributed by atoms with van der Waals surface area (Å²) < 4.78 is 0. The van der Waals surface area contributed by atoms with Crippen molar-refractivity contribution < 1.29 is 14.4 Å². The molecule has 7 heteroatoms. The summed E-state index contributed by atoms with van der Waals surface area (Å²) in [6.07, 6.45) is 1.81. The second-order valence-electron chi connectivity index (χ2n) is 7.09. The van der Waals surface area contributed by atoms with Crippen LogP contribution in [0.2, 0.25) is 0 Å². The monoisotopic (exact) mass is 358 g/mol. The number of rotatable bonds is 3. The minimum Gasteiger partial charge on any atom is -0.354 e. The fourth-order valence-corrected chi connectivity index (χ4v) is 3.51. The van der Waals surface area contributed by atoms with Crippen LogP contribution in [0, 0.1) is 5.92 Å². The van der Waals surface area contributed by atoms with Gasteiger partial charge < -0.3 is 20.9 Å². The van der Waals surface area contributed by atoms with Crippen LogP contribution in [0.15, 0.2) is 24.3 Å². The summed E-state index contributed by atoms with van der Waals surface area (Å²) in [6.45, 7) is 4.80. The van der Waals surface area contributed by atoms with E-state index in [0.717, 1.165) is 17.7 Å². The first-order valence-corrected chi connectivity index (χ1v) is 9.22. The van der Waals surface area contributed by atoms with Crippen LogP contribution in [0.4, 0.5) is 10.5 Å². The first-order chi connectivity index (χ1) is 12.5. The van der Waals surface area contributed by atoms with E-state index in [-0.39, 0.29) is 29.8 Å². The predicted molar refractivity (Wildman–Crippen MR) is 98.4 cm³/mol. The van der Waals surface area contributed by atoms with Gasteiger partial charge in [0.1, 0.15) is 6.04 Å². The predicted octanol–water partition coefficient (Wildman–Crippen LogP) is 1.84. The molecule has 1 fully saturated rings. The topological polar surface area (TPSA) is 90.5 Å². The van der Waals surface area contributed by atoms with E-state index in [1.165, 1.54) is 0 Å². The summed E-state index contributed by atoms with van der Waals surface area (Å²) in [4.78, 5) is 38.8. The number of hydrogen-bond donors (Lipinski definition) is 3. The van der Waals surface area contributed by atoms with E-state index in [9.17, 15) is 14.4 Å². The highest BCUT2D eigenvalue weighted by atomic mass is 16.2. The van der Waals surface area contributed by atoms with Crippen LogP contribution >= 0.6 is 0 Å². The number of urea groups is 1. The van der Waals surface area contributed by atoms with E-state index >= 15 is 0 Å². The van der Waals surface area contributed by atoms with E-state index < -0.39 is 6.04 Å². The van der Waals surface area contributed by atoms with Gasteiger partial charge in [-0.2, -0.15) is 0 Å². The van der Waals surface area contributed by atoms with Gasteiger partial charge in [-0.1, -0.05) is 38.5 Å². The first kappa shape index (κ1) is 18.2. The van der Waals surface area contributed by atoms with Gasteiger partial charge in [0, 0.05) is 24.7 Å². The second kappa shape index (κ2) is 7.76. The number of piperidine rings is 1. The molecule has 0 radical (unpaired) electrons. The van der Waals surface area contributed by atoms with Gasteiger partial charge in [0.05, 0.1) is 6.54 Å². The number of nitrogens with zero attached hydrogens (tertiary/aromatic N) is 1. The van der Waals surface area contributed by atoms with Crippen molar-refractivity contribution >= 4 is 23.5 Å². The van der Waals surface area contributed by atoms with Gasteiger partial charge in [-0.25, -0.2) is 4.79 Å². The molecule has 0 unspecified atom stereocenters. The average Bonchev–Trinajstić information content (AvgIpc) is 2.78. The Bertz CT molecular complexity index is 696. The van der Waals surface area contributed by atoms with Gasteiger partial charge in [0.25, 0.3) is 0 Å².